The molecular formula is C32H40F2O8S2. The van der Waals surface area contributed by atoms with Crippen LogP contribution in [0.3, 0.4) is 0 Å². The molecule has 4 rings (SSSR count). The van der Waals surface area contributed by atoms with E-state index in [1.54, 1.807) is 12.1 Å². The van der Waals surface area contributed by atoms with E-state index in [0.29, 0.717) is 19.6 Å². The standard InChI is InChI=1S/C29H32F2O6S2.C3H8O2/c1-27(2,3)21-6-12-24(13-7-21)38(25-14-8-22(9-15-25)28(4)36-18-5-19-37-28)26-16-10-23(11-17-26)35-20-29(30,31)39(32,33)34;4-2-1-3-5/h6-17H,5,18-20H2,1-4H3;4-5H,1-3H2. The SMILES string of the molecule is CC(C)(C)c1ccc([S+](c2ccc(OCC(F)(F)S(=O)(=O)[O-])cc2)c2ccc(C3(C)OCCCO3)cc2)cc1.OCCCO. The highest BCUT2D eigenvalue weighted by atomic mass is 32.2. The lowest BCUT2D eigenvalue weighted by molar-refractivity contribution is -0.264. The summed E-state index contributed by atoms with van der Waals surface area (Å²) in [6.07, 6.45) is 1.35. The summed E-state index contributed by atoms with van der Waals surface area (Å²) in [4.78, 5) is 2.99. The lowest BCUT2D eigenvalue weighted by Gasteiger charge is -2.34. The molecule has 0 aromatic heterocycles. The van der Waals surface area contributed by atoms with Crippen molar-refractivity contribution in [3.05, 3.63) is 83.9 Å². The number of hydrogen-bond acceptors (Lipinski definition) is 8. The largest absolute Gasteiger partial charge is 0.743 e. The summed E-state index contributed by atoms with van der Waals surface area (Å²) in [6.45, 7) is 8.25. The first-order valence-electron chi connectivity index (χ1n) is 14.1. The molecule has 0 radical (unpaired) electrons. The fraction of sp³-hybridized carbons (Fsp3) is 0.438. The zero-order chi connectivity index (χ0) is 32.6. The molecule has 0 amide bonds. The summed E-state index contributed by atoms with van der Waals surface area (Å²) in [7, 11) is -6.37. The van der Waals surface area contributed by atoms with E-state index in [9.17, 15) is 21.8 Å². The van der Waals surface area contributed by atoms with Gasteiger partial charge in [0.2, 0.25) is 0 Å². The predicted molar refractivity (Wildman–Crippen MR) is 163 cm³/mol. The van der Waals surface area contributed by atoms with Gasteiger partial charge in [-0.15, -0.1) is 0 Å². The summed E-state index contributed by atoms with van der Waals surface area (Å²) in [5.74, 6) is -0.772. The van der Waals surface area contributed by atoms with E-state index in [4.69, 9.17) is 24.4 Å². The van der Waals surface area contributed by atoms with Crippen molar-refractivity contribution in [3.63, 3.8) is 0 Å². The van der Waals surface area contributed by atoms with Crippen molar-refractivity contribution in [1.82, 2.24) is 0 Å². The van der Waals surface area contributed by atoms with E-state index in [1.165, 1.54) is 17.7 Å². The summed E-state index contributed by atoms with van der Waals surface area (Å²) < 4.78 is 76.1. The highest BCUT2D eigenvalue weighted by Crippen LogP contribution is 2.36. The summed E-state index contributed by atoms with van der Waals surface area (Å²) in [5, 5.41) is 11.3. The number of aliphatic hydroxyl groups is 2. The van der Waals surface area contributed by atoms with Crippen molar-refractivity contribution >= 4 is 21.0 Å². The first-order chi connectivity index (χ1) is 20.6. The number of alkyl halides is 2. The molecule has 44 heavy (non-hydrogen) atoms. The molecule has 12 heteroatoms. The highest BCUT2D eigenvalue weighted by Gasteiger charge is 2.39. The van der Waals surface area contributed by atoms with Gasteiger partial charge < -0.3 is 29.0 Å². The topological polar surface area (TPSA) is 125 Å². The average molecular weight is 655 g/mol. The second-order valence-electron chi connectivity index (χ2n) is 11.3. The van der Waals surface area contributed by atoms with Crippen LogP contribution in [0.5, 0.6) is 5.75 Å². The van der Waals surface area contributed by atoms with Crippen molar-refractivity contribution in [2.75, 3.05) is 33.0 Å². The molecule has 1 aliphatic heterocycles. The molecule has 3 aromatic carbocycles. The first-order valence-corrected chi connectivity index (χ1v) is 16.8. The highest BCUT2D eigenvalue weighted by molar-refractivity contribution is 7.97. The Kier molecular flexibility index (Phi) is 12.3. The molecule has 0 saturated carbocycles. The number of benzene rings is 3. The Hall–Kier alpha value is -2.58. The minimum atomic E-state index is -5.82. The first kappa shape index (κ1) is 35.9. The molecule has 3 aromatic rings. The summed E-state index contributed by atoms with van der Waals surface area (Å²) in [6, 6.07) is 22.9. The van der Waals surface area contributed by atoms with E-state index in [-0.39, 0.29) is 24.4 Å². The quantitative estimate of drug-likeness (QED) is 0.215. The third-order valence-electron chi connectivity index (χ3n) is 6.76. The maximum Gasteiger partial charge on any atom is 0.367 e. The van der Waals surface area contributed by atoms with Gasteiger partial charge >= 0.3 is 5.25 Å². The molecular weight excluding hydrogens is 614 g/mol. The molecule has 0 aliphatic carbocycles. The normalized spacial score (nSPS) is 16.0. The van der Waals surface area contributed by atoms with Crippen LogP contribution < -0.4 is 4.74 Å². The number of ether oxygens (including phenoxy) is 3. The van der Waals surface area contributed by atoms with Crippen LogP contribution in [0.4, 0.5) is 8.78 Å². The Balaban J connectivity index is 0.000000978. The van der Waals surface area contributed by atoms with Crippen LogP contribution in [-0.4, -0.2) is 61.5 Å². The summed E-state index contributed by atoms with van der Waals surface area (Å²) >= 11 is 0. The second kappa shape index (κ2) is 15.1. The lowest BCUT2D eigenvalue weighted by atomic mass is 9.87. The molecule has 1 saturated heterocycles. The third kappa shape index (κ3) is 9.46. The van der Waals surface area contributed by atoms with Crippen LogP contribution in [-0.2, 0) is 41.7 Å². The van der Waals surface area contributed by atoms with Crippen LogP contribution in [0, 0.1) is 0 Å². The fourth-order valence-electron chi connectivity index (χ4n) is 4.18. The molecule has 1 aliphatic rings. The number of hydrogen-bond donors (Lipinski definition) is 2. The number of aliphatic hydroxyl groups excluding tert-OH is 2. The monoisotopic (exact) mass is 654 g/mol. The van der Waals surface area contributed by atoms with E-state index in [2.05, 4.69) is 45.0 Å². The molecule has 242 valence electrons. The van der Waals surface area contributed by atoms with E-state index in [0.717, 1.165) is 26.7 Å². The van der Waals surface area contributed by atoms with Gasteiger partial charge in [0, 0.05) is 18.8 Å². The zero-order valence-electron chi connectivity index (χ0n) is 25.3. The van der Waals surface area contributed by atoms with Crippen LogP contribution in [0.1, 0.15) is 51.7 Å². The Labute approximate surface area is 261 Å². The molecule has 1 atom stereocenters. The fourth-order valence-corrected chi connectivity index (χ4v) is 6.42. The Morgan fingerprint density at radius 2 is 1.32 bits per heavy atom. The van der Waals surface area contributed by atoms with Crippen LogP contribution in [0.15, 0.2) is 87.5 Å². The maximum absolute atomic E-state index is 13.5. The van der Waals surface area contributed by atoms with Gasteiger partial charge in [0.05, 0.1) is 24.1 Å². The van der Waals surface area contributed by atoms with Gasteiger partial charge in [-0.25, -0.2) is 8.42 Å². The van der Waals surface area contributed by atoms with Crippen molar-refractivity contribution in [2.24, 2.45) is 0 Å². The molecule has 0 spiro atoms. The van der Waals surface area contributed by atoms with Gasteiger partial charge in [0.15, 0.2) is 37.2 Å². The third-order valence-corrected chi connectivity index (χ3v) is 9.84. The van der Waals surface area contributed by atoms with E-state index >= 15 is 0 Å². The Morgan fingerprint density at radius 1 is 0.864 bits per heavy atom. The van der Waals surface area contributed by atoms with Crippen molar-refractivity contribution in [3.8, 4) is 5.75 Å². The zero-order valence-corrected chi connectivity index (χ0v) is 26.9. The van der Waals surface area contributed by atoms with E-state index < -0.39 is 38.7 Å². The van der Waals surface area contributed by atoms with Gasteiger partial charge in [-0.05, 0) is 91.4 Å². The predicted octanol–water partition coefficient (Wildman–Crippen LogP) is 5.57. The van der Waals surface area contributed by atoms with Crippen LogP contribution >= 0.6 is 0 Å². The van der Waals surface area contributed by atoms with Crippen LogP contribution in [0.25, 0.3) is 0 Å². The van der Waals surface area contributed by atoms with Crippen molar-refractivity contribution in [2.45, 2.75) is 71.7 Å². The Bertz CT molecular complexity index is 1420. The van der Waals surface area contributed by atoms with Gasteiger partial charge in [-0.1, -0.05) is 32.9 Å². The van der Waals surface area contributed by atoms with Gasteiger partial charge in [-0.2, -0.15) is 8.78 Å². The minimum absolute atomic E-state index is 0.00710. The van der Waals surface area contributed by atoms with Gasteiger partial charge in [-0.3, -0.25) is 0 Å². The minimum Gasteiger partial charge on any atom is -0.743 e. The van der Waals surface area contributed by atoms with Gasteiger partial charge in [0.25, 0.3) is 0 Å². The maximum atomic E-state index is 13.5. The Morgan fingerprint density at radius 3 is 1.73 bits per heavy atom. The molecule has 8 nitrogen and oxygen atoms in total. The smallest absolute Gasteiger partial charge is 0.367 e. The van der Waals surface area contributed by atoms with Crippen LogP contribution in [0.2, 0.25) is 0 Å². The van der Waals surface area contributed by atoms with Crippen molar-refractivity contribution < 1.29 is 46.2 Å². The van der Waals surface area contributed by atoms with E-state index in [1.807, 2.05) is 31.2 Å². The number of halogens is 2. The molecule has 2 N–H and O–H groups in total. The van der Waals surface area contributed by atoms with Gasteiger partial charge in [0.1, 0.15) is 5.75 Å². The average Bonchev–Trinajstić information content (AvgIpc) is 2.98. The molecule has 1 fully saturated rings. The summed E-state index contributed by atoms with van der Waals surface area (Å²) in [5.41, 5.74) is 2.10. The molecule has 0 bridgehead atoms. The molecule has 1 heterocycles. The second-order valence-corrected chi connectivity index (χ2v) is 14.8. The lowest BCUT2D eigenvalue weighted by Crippen LogP contribution is -2.35. The molecule has 1 unspecified atom stereocenters. The number of rotatable bonds is 10. The van der Waals surface area contributed by atoms with Crippen molar-refractivity contribution in [1.29, 1.82) is 0 Å².